The summed E-state index contributed by atoms with van der Waals surface area (Å²) in [7, 11) is 0. The molecule has 0 radical (unpaired) electrons. The Balaban J connectivity index is 2.78. The van der Waals surface area contributed by atoms with Crippen molar-refractivity contribution in [3.63, 3.8) is 0 Å². The van der Waals surface area contributed by atoms with Crippen LogP contribution in [0.4, 0.5) is 0 Å². The second kappa shape index (κ2) is 4.67. The zero-order valence-electron chi connectivity index (χ0n) is 9.86. The molecule has 1 aromatic carbocycles. The number of benzene rings is 1. The fourth-order valence-corrected chi connectivity index (χ4v) is 1.99. The minimum absolute atomic E-state index is 0.383. The number of ether oxygens (including phenoxy) is 1. The molecule has 4 heteroatoms. The number of aromatic nitrogens is 1. The number of thiocarbonyl (C=S) groups is 1. The SMILES string of the molecule is CCOc1cccc2c(C(N)=S)cc(C)nc12. The molecule has 0 bridgehead atoms. The number of nitrogens with two attached hydrogens (primary N) is 1. The molecule has 0 unspecified atom stereocenters. The number of hydrogen-bond donors (Lipinski definition) is 1. The number of fused-ring (bicyclic) bond motifs is 1. The van der Waals surface area contributed by atoms with E-state index in [1.807, 2.05) is 38.1 Å². The third-order valence-corrected chi connectivity index (χ3v) is 2.72. The molecule has 0 fully saturated rings. The van der Waals surface area contributed by atoms with Gasteiger partial charge in [0.1, 0.15) is 16.3 Å². The first kappa shape index (κ1) is 11.8. The maximum absolute atomic E-state index is 5.74. The van der Waals surface area contributed by atoms with Crippen LogP contribution in [0.3, 0.4) is 0 Å². The van der Waals surface area contributed by atoms with Crippen LogP contribution in [-0.2, 0) is 0 Å². The average molecular weight is 246 g/mol. The summed E-state index contributed by atoms with van der Waals surface area (Å²) < 4.78 is 5.56. The highest BCUT2D eigenvalue weighted by Gasteiger charge is 2.10. The van der Waals surface area contributed by atoms with E-state index < -0.39 is 0 Å². The summed E-state index contributed by atoms with van der Waals surface area (Å²) in [6, 6.07) is 7.69. The minimum Gasteiger partial charge on any atom is -0.492 e. The van der Waals surface area contributed by atoms with Crippen molar-refractivity contribution in [1.82, 2.24) is 4.98 Å². The maximum atomic E-state index is 5.74. The van der Waals surface area contributed by atoms with Crippen molar-refractivity contribution < 1.29 is 4.74 Å². The fourth-order valence-electron chi connectivity index (χ4n) is 1.83. The van der Waals surface area contributed by atoms with Crippen molar-refractivity contribution >= 4 is 28.1 Å². The molecule has 1 aromatic heterocycles. The average Bonchev–Trinajstić information content (AvgIpc) is 2.29. The molecule has 0 aliphatic carbocycles. The van der Waals surface area contributed by atoms with E-state index in [1.54, 1.807) is 0 Å². The summed E-state index contributed by atoms with van der Waals surface area (Å²) >= 11 is 5.07. The Hall–Kier alpha value is -1.68. The molecule has 3 nitrogen and oxygen atoms in total. The van der Waals surface area contributed by atoms with Crippen molar-refractivity contribution in [2.24, 2.45) is 5.73 Å². The predicted molar refractivity (Wildman–Crippen MR) is 73.5 cm³/mol. The van der Waals surface area contributed by atoms with Crippen LogP contribution in [0.15, 0.2) is 24.3 Å². The van der Waals surface area contributed by atoms with Gasteiger partial charge in [-0.2, -0.15) is 0 Å². The van der Waals surface area contributed by atoms with Gasteiger partial charge >= 0.3 is 0 Å². The Morgan fingerprint density at radius 2 is 2.24 bits per heavy atom. The molecule has 0 saturated carbocycles. The van der Waals surface area contributed by atoms with Crippen molar-refractivity contribution in [2.45, 2.75) is 13.8 Å². The number of hydrogen-bond acceptors (Lipinski definition) is 3. The Kier molecular flexibility index (Phi) is 3.24. The van der Waals surface area contributed by atoms with Crippen molar-refractivity contribution in [3.8, 4) is 5.75 Å². The van der Waals surface area contributed by atoms with Crippen LogP contribution in [0.1, 0.15) is 18.2 Å². The number of para-hydroxylation sites is 1. The largest absolute Gasteiger partial charge is 0.492 e. The molecule has 0 aliphatic rings. The number of rotatable bonds is 3. The van der Waals surface area contributed by atoms with Crippen molar-refractivity contribution in [3.05, 3.63) is 35.5 Å². The lowest BCUT2D eigenvalue weighted by molar-refractivity contribution is 0.343. The normalized spacial score (nSPS) is 10.5. The van der Waals surface area contributed by atoms with E-state index >= 15 is 0 Å². The quantitative estimate of drug-likeness (QED) is 0.846. The van der Waals surface area contributed by atoms with Gasteiger partial charge in [-0.25, -0.2) is 4.98 Å². The monoisotopic (exact) mass is 246 g/mol. The zero-order valence-corrected chi connectivity index (χ0v) is 10.7. The van der Waals surface area contributed by atoms with E-state index in [9.17, 15) is 0 Å². The van der Waals surface area contributed by atoms with E-state index in [4.69, 9.17) is 22.7 Å². The summed E-state index contributed by atoms with van der Waals surface area (Å²) in [5.74, 6) is 0.770. The van der Waals surface area contributed by atoms with Gasteiger partial charge in [0.25, 0.3) is 0 Å². The summed E-state index contributed by atoms with van der Waals surface area (Å²) in [6.07, 6.45) is 0. The standard InChI is InChI=1S/C13H14N2OS/c1-3-16-11-6-4-5-9-10(13(14)17)7-8(2)15-12(9)11/h4-7H,3H2,1-2H3,(H2,14,17). The molecule has 2 rings (SSSR count). The fraction of sp³-hybridized carbons (Fsp3) is 0.231. The van der Waals surface area contributed by atoms with E-state index in [0.29, 0.717) is 11.6 Å². The molecule has 17 heavy (non-hydrogen) atoms. The van der Waals surface area contributed by atoms with E-state index in [-0.39, 0.29) is 0 Å². The number of pyridine rings is 1. The van der Waals surface area contributed by atoms with Crippen molar-refractivity contribution in [2.75, 3.05) is 6.61 Å². The van der Waals surface area contributed by atoms with Crippen LogP contribution in [0.2, 0.25) is 0 Å². The van der Waals surface area contributed by atoms with Crippen LogP contribution in [-0.4, -0.2) is 16.6 Å². The van der Waals surface area contributed by atoms with E-state index in [2.05, 4.69) is 4.98 Å². The maximum Gasteiger partial charge on any atom is 0.145 e. The van der Waals surface area contributed by atoms with Crippen LogP contribution < -0.4 is 10.5 Å². The first-order valence-electron chi connectivity index (χ1n) is 5.46. The highest BCUT2D eigenvalue weighted by Crippen LogP contribution is 2.27. The van der Waals surface area contributed by atoms with Crippen molar-refractivity contribution in [1.29, 1.82) is 0 Å². The van der Waals surface area contributed by atoms with Gasteiger partial charge in [-0.05, 0) is 26.0 Å². The summed E-state index contributed by atoms with van der Waals surface area (Å²) in [5, 5.41) is 0.939. The van der Waals surface area contributed by atoms with Gasteiger partial charge in [-0.1, -0.05) is 24.4 Å². The predicted octanol–water partition coefficient (Wildman–Crippen LogP) is 2.58. The Morgan fingerprint density at radius 3 is 2.88 bits per heavy atom. The van der Waals surface area contributed by atoms with E-state index in [1.165, 1.54) is 0 Å². The highest BCUT2D eigenvalue weighted by molar-refractivity contribution is 7.80. The smallest absolute Gasteiger partial charge is 0.145 e. The van der Waals surface area contributed by atoms with Gasteiger partial charge in [0.15, 0.2) is 0 Å². The number of aryl methyl sites for hydroxylation is 1. The van der Waals surface area contributed by atoms with Gasteiger partial charge < -0.3 is 10.5 Å². The van der Waals surface area contributed by atoms with Crippen LogP contribution in [0.25, 0.3) is 10.9 Å². The first-order valence-corrected chi connectivity index (χ1v) is 5.87. The lowest BCUT2D eigenvalue weighted by atomic mass is 10.1. The second-order valence-corrected chi connectivity index (χ2v) is 4.20. The molecule has 2 aromatic rings. The molecule has 2 N–H and O–H groups in total. The van der Waals surface area contributed by atoms with Gasteiger partial charge in [0.05, 0.1) is 6.61 Å². The molecule has 0 atom stereocenters. The van der Waals surface area contributed by atoms with Crippen LogP contribution >= 0.6 is 12.2 Å². The molecule has 0 amide bonds. The van der Waals surface area contributed by atoms with Gasteiger partial charge in [0.2, 0.25) is 0 Å². The summed E-state index contributed by atoms with van der Waals surface area (Å²) in [5.41, 5.74) is 8.29. The summed E-state index contributed by atoms with van der Waals surface area (Å²) in [4.78, 5) is 4.88. The third-order valence-electron chi connectivity index (χ3n) is 2.50. The molecule has 88 valence electrons. The van der Waals surface area contributed by atoms with E-state index in [0.717, 1.165) is 27.9 Å². The highest BCUT2D eigenvalue weighted by atomic mass is 32.1. The minimum atomic E-state index is 0.383. The van der Waals surface area contributed by atoms with Crippen LogP contribution in [0, 0.1) is 6.92 Å². The van der Waals surface area contributed by atoms with Gasteiger partial charge in [0, 0.05) is 16.6 Å². The van der Waals surface area contributed by atoms with Gasteiger partial charge in [-0.15, -0.1) is 0 Å². The topological polar surface area (TPSA) is 48.1 Å². The lowest BCUT2D eigenvalue weighted by Gasteiger charge is -2.10. The Labute approximate surface area is 106 Å². The summed E-state index contributed by atoms with van der Waals surface area (Å²) in [6.45, 7) is 4.48. The molecule has 0 saturated heterocycles. The third kappa shape index (κ3) is 2.22. The number of nitrogens with zero attached hydrogens (tertiary/aromatic N) is 1. The molecule has 1 heterocycles. The Bertz CT molecular complexity index is 581. The molecular formula is C13H14N2OS. The molecular weight excluding hydrogens is 232 g/mol. The van der Waals surface area contributed by atoms with Crippen LogP contribution in [0.5, 0.6) is 5.75 Å². The first-order chi connectivity index (χ1) is 8.13. The molecule has 0 aliphatic heterocycles. The second-order valence-electron chi connectivity index (χ2n) is 3.76. The molecule has 0 spiro atoms. The zero-order chi connectivity index (χ0) is 12.4. The lowest BCUT2D eigenvalue weighted by Crippen LogP contribution is -2.11. The Morgan fingerprint density at radius 1 is 1.47 bits per heavy atom. The van der Waals surface area contributed by atoms with Gasteiger partial charge in [-0.3, -0.25) is 0 Å².